The molecule has 2 rings (SSSR count). The van der Waals surface area contributed by atoms with Crippen LogP contribution in [0.5, 0.6) is 0 Å². The van der Waals surface area contributed by atoms with Gasteiger partial charge in [0.2, 0.25) is 0 Å². The summed E-state index contributed by atoms with van der Waals surface area (Å²) in [6.45, 7) is 2.03. The normalized spacial score (nSPS) is 10.4. The van der Waals surface area contributed by atoms with E-state index in [0.29, 0.717) is 10.4 Å². The summed E-state index contributed by atoms with van der Waals surface area (Å²) in [5, 5.41) is 8.15. The molecule has 0 aliphatic heterocycles. The number of rotatable bonds is 1. The molecule has 1 heterocycles. The van der Waals surface area contributed by atoms with Gasteiger partial charge in [-0.05, 0) is 35.0 Å². The summed E-state index contributed by atoms with van der Waals surface area (Å²) in [6, 6.07) is 7.90. The number of nitrogen functional groups attached to an aromatic ring is 1. The van der Waals surface area contributed by atoms with E-state index in [2.05, 4.69) is 26.1 Å². The average Bonchev–Trinajstić information content (AvgIpc) is 2.48. The smallest absolute Gasteiger partial charge is 0.181 e. The van der Waals surface area contributed by atoms with Gasteiger partial charge in [-0.25, -0.2) is 0 Å². The molecular weight excluding hydrogens is 244 g/mol. The summed E-state index contributed by atoms with van der Waals surface area (Å²) in [7, 11) is 0. The van der Waals surface area contributed by atoms with Crippen molar-refractivity contribution in [2.75, 3.05) is 5.73 Å². The fourth-order valence-corrected chi connectivity index (χ4v) is 1.32. The Kier molecular flexibility index (Phi) is 2.25. The van der Waals surface area contributed by atoms with Gasteiger partial charge in [-0.3, -0.25) is 0 Å². The number of benzene rings is 1. The van der Waals surface area contributed by atoms with E-state index in [9.17, 15) is 0 Å². The minimum Gasteiger partial charge on any atom is -0.380 e. The SMILES string of the molecule is Cc1ccc(-n2nc(N)c(Br)n2)cc1. The van der Waals surface area contributed by atoms with Crippen LogP contribution in [-0.2, 0) is 0 Å². The molecule has 0 bridgehead atoms. The third kappa shape index (κ3) is 1.63. The van der Waals surface area contributed by atoms with Crippen LogP contribution in [0.15, 0.2) is 28.9 Å². The Morgan fingerprint density at radius 1 is 1.21 bits per heavy atom. The lowest BCUT2D eigenvalue weighted by Crippen LogP contribution is -1.98. The predicted octanol–water partition coefficient (Wildman–Crippen LogP) is 1.92. The predicted molar refractivity (Wildman–Crippen MR) is 58.2 cm³/mol. The molecule has 0 fully saturated rings. The van der Waals surface area contributed by atoms with Gasteiger partial charge >= 0.3 is 0 Å². The maximum absolute atomic E-state index is 5.57. The number of hydrogen-bond donors (Lipinski definition) is 1. The highest BCUT2D eigenvalue weighted by atomic mass is 79.9. The van der Waals surface area contributed by atoms with E-state index < -0.39 is 0 Å². The van der Waals surface area contributed by atoms with Crippen molar-refractivity contribution in [1.82, 2.24) is 15.0 Å². The lowest BCUT2D eigenvalue weighted by Gasteiger charge is -1.98. The number of halogens is 1. The Morgan fingerprint density at radius 3 is 2.36 bits per heavy atom. The number of hydrogen-bond acceptors (Lipinski definition) is 3. The van der Waals surface area contributed by atoms with E-state index in [-0.39, 0.29) is 0 Å². The number of nitrogens with zero attached hydrogens (tertiary/aromatic N) is 3. The second-order valence-electron chi connectivity index (χ2n) is 3.00. The summed E-state index contributed by atoms with van der Waals surface area (Å²) < 4.78 is 0.568. The van der Waals surface area contributed by atoms with Crippen LogP contribution in [0, 0.1) is 6.92 Å². The minimum atomic E-state index is 0.394. The van der Waals surface area contributed by atoms with Gasteiger partial charge in [0.25, 0.3) is 0 Å². The van der Waals surface area contributed by atoms with Crippen molar-refractivity contribution in [2.24, 2.45) is 0 Å². The third-order valence-electron chi connectivity index (χ3n) is 1.86. The minimum absolute atomic E-state index is 0.394. The monoisotopic (exact) mass is 252 g/mol. The number of aryl methyl sites for hydroxylation is 1. The van der Waals surface area contributed by atoms with Crippen molar-refractivity contribution in [3.63, 3.8) is 0 Å². The van der Waals surface area contributed by atoms with Crippen LogP contribution in [0.25, 0.3) is 5.69 Å². The van der Waals surface area contributed by atoms with Gasteiger partial charge in [-0.1, -0.05) is 17.7 Å². The molecule has 0 atom stereocenters. The largest absolute Gasteiger partial charge is 0.380 e. The molecule has 0 spiro atoms. The Labute approximate surface area is 89.9 Å². The zero-order valence-electron chi connectivity index (χ0n) is 7.61. The summed E-state index contributed by atoms with van der Waals surface area (Å²) in [5.41, 5.74) is 7.66. The molecule has 0 unspecified atom stereocenters. The zero-order chi connectivity index (χ0) is 10.1. The molecule has 72 valence electrons. The van der Waals surface area contributed by atoms with Gasteiger partial charge in [-0.15, -0.1) is 15.0 Å². The first kappa shape index (κ1) is 9.21. The van der Waals surface area contributed by atoms with Crippen LogP contribution in [0.2, 0.25) is 0 Å². The summed E-state index contributed by atoms with van der Waals surface area (Å²) in [4.78, 5) is 1.50. The molecule has 2 aromatic rings. The number of nitrogens with two attached hydrogens (primary N) is 1. The fraction of sp³-hybridized carbons (Fsp3) is 0.111. The molecule has 5 heteroatoms. The maximum atomic E-state index is 5.57. The third-order valence-corrected chi connectivity index (χ3v) is 2.43. The molecule has 0 radical (unpaired) electrons. The molecule has 0 aliphatic carbocycles. The highest BCUT2D eigenvalue weighted by Crippen LogP contribution is 2.15. The van der Waals surface area contributed by atoms with Crippen LogP contribution in [-0.4, -0.2) is 15.0 Å². The second kappa shape index (κ2) is 3.42. The average molecular weight is 253 g/mol. The van der Waals surface area contributed by atoms with Crippen molar-refractivity contribution in [3.8, 4) is 5.69 Å². The van der Waals surface area contributed by atoms with Crippen molar-refractivity contribution in [3.05, 3.63) is 34.4 Å². The molecule has 0 saturated carbocycles. The molecule has 14 heavy (non-hydrogen) atoms. The van der Waals surface area contributed by atoms with Gasteiger partial charge in [0.15, 0.2) is 10.4 Å². The van der Waals surface area contributed by atoms with Crippen molar-refractivity contribution >= 4 is 21.7 Å². The van der Waals surface area contributed by atoms with Crippen LogP contribution in [0.3, 0.4) is 0 Å². The first-order chi connectivity index (χ1) is 6.66. The van der Waals surface area contributed by atoms with Crippen LogP contribution in [0.4, 0.5) is 5.82 Å². The summed E-state index contributed by atoms with van der Waals surface area (Å²) in [5.74, 6) is 0.394. The van der Waals surface area contributed by atoms with Crippen molar-refractivity contribution in [1.29, 1.82) is 0 Å². The van der Waals surface area contributed by atoms with Gasteiger partial charge in [-0.2, -0.15) is 0 Å². The Balaban J connectivity index is 2.44. The molecule has 0 amide bonds. The van der Waals surface area contributed by atoms with Gasteiger partial charge in [0, 0.05) is 0 Å². The quantitative estimate of drug-likeness (QED) is 0.844. The standard InChI is InChI=1S/C9H9BrN4/c1-6-2-4-7(5-3-6)14-12-8(10)9(11)13-14/h2-5H,1H3,(H2,11,13). The lowest BCUT2D eigenvalue weighted by molar-refractivity contribution is 0.750. The Morgan fingerprint density at radius 2 is 1.86 bits per heavy atom. The first-order valence-corrected chi connectivity index (χ1v) is 4.91. The van der Waals surface area contributed by atoms with Gasteiger partial charge in [0.05, 0.1) is 5.69 Å². The first-order valence-electron chi connectivity index (χ1n) is 4.12. The van der Waals surface area contributed by atoms with E-state index >= 15 is 0 Å². The van der Waals surface area contributed by atoms with Gasteiger partial charge < -0.3 is 5.73 Å². The molecule has 4 nitrogen and oxygen atoms in total. The topological polar surface area (TPSA) is 56.7 Å². The second-order valence-corrected chi connectivity index (χ2v) is 3.75. The molecule has 0 aliphatic rings. The zero-order valence-corrected chi connectivity index (χ0v) is 9.19. The lowest BCUT2D eigenvalue weighted by atomic mass is 10.2. The number of aromatic nitrogens is 3. The van der Waals surface area contributed by atoms with E-state index in [1.807, 2.05) is 31.2 Å². The highest BCUT2D eigenvalue weighted by molar-refractivity contribution is 9.10. The Bertz CT molecular complexity index is 427. The van der Waals surface area contributed by atoms with Crippen LogP contribution < -0.4 is 5.73 Å². The summed E-state index contributed by atoms with van der Waals surface area (Å²) >= 11 is 3.21. The number of anilines is 1. The van der Waals surface area contributed by atoms with E-state index in [1.54, 1.807) is 0 Å². The van der Waals surface area contributed by atoms with Crippen LogP contribution in [0.1, 0.15) is 5.56 Å². The maximum Gasteiger partial charge on any atom is 0.181 e. The molecule has 0 saturated heterocycles. The molecule has 1 aromatic carbocycles. The van der Waals surface area contributed by atoms with E-state index in [1.165, 1.54) is 10.4 Å². The van der Waals surface area contributed by atoms with Crippen molar-refractivity contribution < 1.29 is 0 Å². The van der Waals surface area contributed by atoms with E-state index in [0.717, 1.165) is 5.69 Å². The van der Waals surface area contributed by atoms with E-state index in [4.69, 9.17) is 5.73 Å². The fourth-order valence-electron chi connectivity index (χ4n) is 1.09. The van der Waals surface area contributed by atoms with Crippen LogP contribution >= 0.6 is 15.9 Å². The van der Waals surface area contributed by atoms with Crippen molar-refractivity contribution in [2.45, 2.75) is 6.92 Å². The molecular formula is C9H9BrN4. The Hall–Kier alpha value is -1.36. The van der Waals surface area contributed by atoms with Gasteiger partial charge in [0.1, 0.15) is 0 Å². The molecule has 2 N–H and O–H groups in total. The summed E-state index contributed by atoms with van der Waals surface area (Å²) in [6.07, 6.45) is 0. The molecule has 1 aromatic heterocycles. The highest BCUT2D eigenvalue weighted by Gasteiger charge is 2.05.